The molecule has 0 atom stereocenters. The Kier molecular flexibility index (Phi) is 4.50. The van der Waals surface area contributed by atoms with E-state index in [1.54, 1.807) is 6.20 Å². The molecule has 3 aromatic rings. The second-order valence-corrected chi connectivity index (χ2v) is 8.09. The van der Waals surface area contributed by atoms with Crippen molar-refractivity contribution in [3.63, 3.8) is 0 Å². The number of aromatic nitrogens is 3. The second kappa shape index (κ2) is 7.13. The Morgan fingerprint density at radius 3 is 2.78 bits per heavy atom. The Bertz CT molecular complexity index is 941. The lowest BCUT2D eigenvalue weighted by atomic mass is 9.89. The number of anilines is 1. The summed E-state index contributed by atoms with van der Waals surface area (Å²) in [4.78, 5) is 14.8. The van der Waals surface area contributed by atoms with Gasteiger partial charge in [0.1, 0.15) is 16.6 Å². The first-order chi connectivity index (χ1) is 13.3. The number of rotatable bonds is 4. The van der Waals surface area contributed by atoms with Crippen LogP contribution in [0.5, 0.6) is 0 Å². The molecule has 0 spiro atoms. The number of hydrogen-bond donors (Lipinski definition) is 2. The number of halogens is 1. The molecule has 3 aromatic heterocycles. The quantitative estimate of drug-likeness (QED) is 0.643. The van der Waals surface area contributed by atoms with E-state index >= 15 is 0 Å². The number of nitrogens with zero attached hydrogens (tertiary/aromatic N) is 3. The summed E-state index contributed by atoms with van der Waals surface area (Å²) < 4.78 is 0. The van der Waals surface area contributed by atoms with Gasteiger partial charge in [0.25, 0.3) is 0 Å². The van der Waals surface area contributed by atoms with Gasteiger partial charge in [-0.25, -0.2) is 9.97 Å². The summed E-state index contributed by atoms with van der Waals surface area (Å²) in [6, 6.07) is 9.35. The van der Waals surface area contributed by atoms with Crippen LogP contribution in [0.25, 0.3) is 22.2 Å². The predicted molar refractivity (Wildman–Crippen MR) is 110 cm³/mol. The maximum atomic E-state index is 6.34. The minimum Gasteiger partial charge on any atom is -0.367 e. The second-order valence-electron chi connectivity index (χ2n) is 7.71. The van der Waals surface area contributed by atoms with Crippen LogP contribution in [0.2, 0.25) is 5.15 Å². The number of hydrogen-bond acceptors (Lipinski definition) is 4. The van der Waals surface area contributed by atoms with Crippen LogP contribution in [0.4, 0.5) is 5.82 Å². The van der Waals surface area contributed by atoms with Crippen molar-refractivity contribution >= 4 is 28.5 Å². The molecule has 6 heteroatoms. The molecule has 5 nitrogen and oxygen atoms in total. The third kappa shape index (κ3) is 3.42. The molecule has 0 unspecified atom stereocenters. The lowest BCUT2D eigenvalue weighted by molar-refractivity contribution is 0.101. The normalized spacial score (nSPS) is 19.3. The zero-order chi connectivity index (χ0) is 18.2. The molecule has 1 aliphatic carbocycles. The SMILES string of the molecule is Clc1cc(-c2c[nH]c3ncccc23)cc(NC2CCN(C3CCC3)CC2)n1. The summed E-state index contributed by atoms with van der Waals surface area (Å²) in [5, 5.41) is 5.23. The van der Waals surface area contributed by atoms with Crippen molar-refractivity contribution in [3.8, 4) is 11.1 Å². The summed E-state index contributed by atoms with van der Waals surface area (Å²) in [5.74, 6) is 0.859. The van der Waals surface area contributed by atoms with Gasteiger partial charge in [0.2, 0.25) is 0 Å². The Morgan fingerprint density at radius 2 is 2.00 bits per heavy atom. The number of piperidine rings is 1. The van der Waals surface area contributed by atoms with Crippen molar-refractivity contribution in [3.05, 3.63) is 41.8 Å². The molecular formula is C21H24ClN5. The first-order valence-corrected chi connectivity index (χ1v) is 10.2. The number of H-pyrrole nitrogens is 1. The molecule has 1 saturated carbocycles. The smallest absolute Gasteiger partial charge is 0.137 e. The molecule has 0 amide bonds. The molecule has 5 rings (SSSR count). The van der Waals surface area contributed by atoms with Gasteiger partial charge in [0.05, 0.1) is 0 Å². The standard InChI is InChI=1S/C21H24ClN5/c22-19-11-14(18-13-24-21-17(18)5-2-8-23-21)12-20(26-19)25-15-6-9-27(10-7-15)16-3-1-4-16/h2,5,8,11-13,15-16H,1,3-4,6-7,9-10H2,(H,23,24)(H,25,26). The molecule has 4 heterocycles. The van der Waals surface area contributed by atoms with E-state index in [4.69, 9.17) is 11.6 Å². The van der Waals surface area contributed by atoms with E-state index in [1.165, 1.54) is 32.4 Å². The molecule has 2 aliphatic rings. The zero-order valence-electron chi connectivity index (χ0n) is 15.3. The molecule has 0 radical (unpaired) electrons. The highest BCUT2D eigenvalue weighted by atomic mass is 35.5. The average molecular weight is 382 g/mol. The Balaban J connectivity index is 1.33. The van der Waals surface area contributed by atoms with Gasteiger partial charge in [0.15, 0.2) is 0 Å². The molecule has 27 heavy (non-hydrogen) atoms. The molecule has 0 aromatic carbocycles. The number of fused-ring (bicyclic) bond motifs is 1. The third-order valence-electron chi connectivity index (χ3n) is 6.03. The minimum atomic E-state index is 0.463. The van der Waals surface area contributed by atoms with E-state index in [-0.39, 0.29) is 0 Å². The highest BCUT2D eigenvalue weighted by Gasteiger charge is 2.28. The lowest BCUT2D eigenvalue weighted by Gasteiger charge is -2.42. The number of likely N-dealkylation sites (tertiary alicyclic amines) is 1. The molecular weight excluding hydrogens is 358 g/mol. The summed E-state index contributed by atoms with van der Waals surface area (Å²) in [6.07, 6.45) is 10.3. The first kappa shape index (κ1) is 17.0. The van der Waals surface area contributed by atoms with E-state index in [9.17, 15) is 0 Å². The van der Waals surface area contributed by atoms with Gasteiger partial charge < -0.3 is 15.2 Å². The van der Waals surface area contributed by atoms with E-state index in [0.29, 0.717) is 11.2 Å². The third-order valence-corrected chi connectivity index (χ3v) is 6.22. The van der Waals surface area contributed by atoms with Crippen molar-refractivity contribution in [2.24, 2.45) is 0 Å². The van der Waals surface area contributed by atoms with Crippen molar-refractivity contribution in [2.45, 2.75) is 44.2 Å². The van der Waals surface area contributed by atoms with Crippen molar-refractivity contribution in [2.75, 3.05) is 18.4 Å². The average Bonchev–Trinajstić information content (AvgIpc) is 3.06. The van der Waals surface area contributed by atoms with Crippen molar-refractivity contribution in [1.29, 1.82) is 0 Å². The molecule has 2 fully saturated rings. The van der Waals surface area contributed by atoms with Crippen LogP contribution in [0, 0.1) is 0 Å². The zero-order valence-corrected chi connectivity index (χ0v) is 16.0. The lowest BCUT2D eigenvalue weighted by Crippen LogP contribution is -2.47. The molecule has 140 valence electrons. The van der Waals surface area contributed by atoms with Crippen molar-refractivity contribution in [1.82, 2.24) is 19.9 Å². The van der Waals surface area contributed by atoms with Crippen LogP contribution >= 0.6 is 11.6 Å². The molecule has 1 saturated heterocycles. The number of aromatic amines is 1. The summed E-state index contributed by atoms with van der Waals surface area (Å²) in [5.41, 5.74) is 3.05. The van der Waals surface area contributed by atoms with Crippen LogP contribution in [0.15, 0.2) is 36.7 Å². The minimum absolute atomic E-state index is 0.463. The number of nitrogens with one attached hydrogen (secondary N) is 2. The fourth-order valence-electron chi connectivity index (χ4n) is 4.29. The van der Waals surface area contributed by atoms with Crippen molar-refractivity contribution < 1.29 is 0 Å². The maximum absolute atomic E-state index is 6.34. The van der Waals surface area contributed by atoms with Crippen LogP contribution in [-0.4, -0.2) is 45.0 Å². The predicted octanol–water partition coefficient (Wildman–Crippen LogP) is 4.71. The van der Waals surface area contributed by atoms with E-state index in [2.05, 4.69) is 37.3 Å². The Labute approximate surface area is 164 Å². The van der Waals surface area contributed by atoms with Gasteiger partial charge >= 0.3 is 0 Å². The van der Waals surface area contributed by atoms with Gasteiger partial charge in [-0.15, -0.1) is 0 Å². The van der Waals surface area contributed by atoms with E-state index < -0.39 is 0 Å². The Hall–Kier alpha value is -2.11. The van der Waals surface area contributed by atoms with Gasteiger partial charge in [-0.3, -0.25) is 0 Å². The molecule has 1 aliphatic heterocycles. The molecule has 0 bridgehead atoms. The first-order valence-electron chi connectivity index (χ1n) is 9.87. The summed E-state index contributed by atoms with van der Waals surface area (Å²) in [7, 11) is 0. The fraction of sp³-hybridized carbons (Fsp3) is 0.429. The fourth-order valence-corrected chi connectivity index (χ4v) is 4.50. The van der Waals surface area contributed by atoms with E-state index in [0.717, 1.165) is 46.9 Å². The molecule has 2 N–H and O–H groups in total. The summed E-state index contributed by atoms with van der Waals surface area (Å²) >= 11 is 6.34. The highest BCUT2D eigenvalue weighted by Crippen LogP contribution is 2.32. The monoisotopic (exact) mass is 381 g/mol. The van der Waals surface area contributed by atoms with Gasteiger partial charge in [0, 0.05) is 48.5 Å². The maximum Gasteiger partial charge on any atom is 0.137 e. The largest absolute Gasteiger partial charge is 0.367 e. The van der Waals surface area contributed by atoms with Gasteiger partial charge in [-0.2, -0.15) is 0 Å². The van der Waals surface area contributed by atoms with Crippen LogP contribution in [-0.2, 0) is 0 Å². The summed E-state index contributed by atoms with van der Waals surface area (Å²) in [6.45, 7) is 2.37. The van der Waals surface area contributed by atoms with Gasteiger partial charge in [-0.1, -0.05) is 18.0 Å². The van der Waals surface area contributed by atoms with Crippen LogP contribution in [0.1, 0.15) is 32.1 Å². The van der Waals surface area contributed by atoms with Crippen LogP contribution < -0.4 is 5.32 Å². The Morgan fingerprint density at radius 1 is 1.15 bits per heavy atom. The topological polar surface area (TPSA) is 56.8 Å². The van der Waals surface area contributed by atoms with E-state index in [1.807, 2.05) is 18.3 Å². The highest BCUT2D eigenvalue weighted by molar-refractivity contribution is 6.29. The van der Waals surface area contributed by atoms with Gasteiger partial charge in [-0.05, 0) is 55.5 Å². The van der Waals surface area contributed by atoms with Crippen LogP contribution in [0.3, 0.4) is 0 Å². The number of pyridine rings is 2.